The molecule has 1 aliphatic carbocycles. The van der Waals surface area contributed by atoms with E-state index in [-0.39, 0.29) is 0 Å². The summed E-state index contributed by atoms with van der Waals surface area (Å²) in [5.74, 6) is 2.71. The molecule has 2 aliphatic rings. The van der Waals surface area contributed by atoms with E-state index in [4.69, 9.17) is 4.74 Å². The van der Waals surface area contributed by atoms with Crippen LogP contribution in [0.3, 0.4) is 0 Å². The van der Waals surface area contributed by atoms with Crippen molar-refractivity contribution in [1.82, 2.24) is 0 Å². The van der Waals surface area contributed by atoms with E-state index in [0.29, 0.717) is 6.10 Å². The minimum Gasteiger partial charge on any atom is -0.378 e. The molecule has 1 nitrogen and oxygen atoms in total. The lowest BCUT2D eigenvalue weighted by Gasteiger charge is -2.35. The highest BCUT2D eigenvalue weighted by Gasteiger charge is 2.30. The number of hydrogen-bond acceptors (Lipinski definition) is 1. The molecule has 0 bridgehead atoms. The molecule has 17 heavy (non-hydrogen) atoms. The van der Waals surface area contributed by atoms with Crippen molar-refractivity contribution in [2.24, 2.45) is 17.8 Å². The number of rotatable bonds is 4. The second-order valence-corrected chi connectivity index (χ2v) is 7.48. The summed E-state index contributed by atoms with van der Waals surface area (Å²) in [5, 5.41) is 0. The van der Waals surface area contributed by atoms with E-state index in [1.807, 2.05) is 0 Å². The Labute approximate surface area is 115 Å². The largest absolute Gasteiger partial charge is 0.378 e. The Morgan fingerprint density at radius 1 is 1.18 bits per heavy atom. The van der Waals surface area contributed by atoms with Gasteiger partial charge in [-0.1, -0.05) is 29.8 Å². The molecule has 1 saturated heterocycles. The van der Waals surface area contributed by atoms with Crippen molar-refractivity contribution in [3.63, 3.8) is 0 Å². The predicted molar refractivity (Wildman–Crippen MR) is 76.6 cm³/mol. The number of halogens is 1. The average molecular weight is 303 g/mol. The summed E-state index contributed by atoms with van der Waals surface area (Å²) >= 11 is 3.90. The summed E-state index contributed by atoms with van der Waals surface area (Å²) in [6.45, 7) is 5.77. The Morgan fingerprint density at radius 3 is 2.65 bits per heavy atom. The van der Waals surface area contributed by atoms with Crippen LogP contribution in [0.2, 0.25) is 0 Å². The summed E-state index contributed by atoms with van der Waals surface area (Å²) in [7, 11) is 0. The van der Waals surface area contributed by atoms with Crippen LogP contribution in [0.1, 0.15) is 58.8 Å². The predicted octanol–water partition coefficient (Wildman–Crippen LogP) is 4.78. The monoisotopic (exact) mass is 302 g/mol. The first-order chi connectivity index (χ1) is 8.16. The second-order valence-electron chi connectivity index (χ2n) is 6.31. The van der Waals surface area contributed by atoms with Crippen molar-refractivity contribution in [3.05, 3.63) is 0 Å². The highest BCUT2D eigenvalue weighted by Crippen LogP contribution is 2.40. The van der Waals surface area contributed by atoms with Crippen LogP contribution < -0.4 is 0 Å². The molecule has 4 unspecified atom stereocenters. The van der Waals surface area contributed by atoms with Gasteiger partial charge in [0, 0.05) is 11.4 Å². The minimum atomic E-state index is 0.578. The normalized spacial score (nSPS) is 38.8. The Kier molecular flexibility index (Phi) is 5.35. The molecule has 0 aromatic carbocycles. The van der Waals surface area contributed by atoms with Crippen molar-refractivity contribution >= 4 is 15.9 Å². The van der Waals surface area contributed by atoms with Gasteiger partial charge < -0.3 is 4.74 Å². The summed E-state index contributed by atoms with van der Waals surface area (Å²) < 4.78 is 5.74. The lowest BCUT2D eigenvalue weighted by Crippen LogP contribution is -2.28. The molecule has 2 rings (SSSR count). The first-order valence-corrected chi connectivity index (χ1v) is 8.34. The van der Waals surface area contributed by atoms with E-state index in [1.165, 1.54) is 44.9 Å². The lowest BCUT2D eigenvalue weighted by atomic mass is 9.74. The van der Waals surface area contributed by atoms with Crippen LogP contribution in [0.5, 0.6) is 0 Å². The quantitative estimate of drug-likeness (QED) is 0.679. The number of ether oxygens (including phenoxy) is 1. The molecule has 2 fully saturated rings. The van der Waals surface area contributed by atoms with E-state index >= 15 is 0 Å². The summed E-state index contributed by atoms with van der Waals surface area (Å²) in [6.07, 6.45) is 10.0. The van der Waals surface area contributed by atoms with Crippen LogP contribution in [-0.4, -0.2) is 17.5 Å². The Bertz CT molecular complexity index is 223. The van der Waals surface area contributed by atoms with E-state index in [2.05, 4.69) is 29.8 Å². The molecule has 0 amide bonds. The maximum Gasteiger partial charge on any atom is 0.0576 e. The number of alkyl halides is 1. The molecule has 100 valence electrons. The fraction of sp³-hybridized carbons (Fsp3) is 1.00. The van der Waals surface area contributed by atoms with Crippen LogP contribution in [0.25, 0.3) is 0 Å². The van der Waals surface area contributed by atoms with Gasteiger partial charge in [0.1, 0.15) is 0 Å². The highest BCUT2D eigenvalue weighted by atomic mass is 79.9. The third kappa shape index (κ3) is 3.96. The molecular weight excluding hydrogens is 276 g/mol. The van der Waals surface area contributed by atoms with Gasteiger partial charge in [0.2, 0.25) is 0 Å². The first-order valence-electron chi connectivity index (χ1n) is 7.42. The van der Waals surface area contributed by atoms with Gasteiger partial charge in [-0.2, -0.15) is 0 Å². The molecule has 1 saturated carbocycles. The van der Waals surface area contributed by atoms with Gasteiger partial charge in [-0.3, -0.25) is 0 Å². The van der Waals surface area contributed by atoms with Gasteiger partial charge in [0.15, 0.2) is 0 Å². The third-order valence-electron chi connectivity index (χ3n) is 4.76. The van der Waals surface area contributed by atoms with Crippen molar-refractivity contribution in [2.75, 3.05) is 6.61 Å². The molecule has 1 heterocycles. The molecule has 2 heteroatoms. The zero-order valence-corrected chi connectivity index (χ0v) is 12.9. The minimum absolute atomic E-state index is 0.578. The highest BCUT2D eigenvalue weighted by molar-refractivity contribution is 9.09. The topological polar surface area (TPSA) is 9.23 Å². The van der Waals surface area contributed by atoms with Gasteiger partial charge in [-0.15, -0.1) is 0 Å². The SMILES string of the molecule is CC(C)C1CCC(Br)C(CCC2CCCO2)C1. The van der Waals surface area contributed by atoms with Gasteiger partial charge >= 0.3 is 0 Å². The van der Waals surface area contributed by atoms with Gasteiger partial charge in [-0.25, -0.2) is 0 Å². The molecular formula is C15H27BrO. The molecule has 0 radical (unpaired) electrons. The molecule has 1 aliphatic heterocycles. The van der Waals surface area contributed by atoms with Gasteiger partial charge in [0.25, 0.3) is 0 Å². The Hall–Kier alpha value is 0.440. The van der Waals surface area contributed by atoms with Crippen molar-refractivity contribution in [2.45, 2.75) is 69.7 Å². The lowest BCUT2D eigenvalue weighted by molar-refractivity contribution is 0.0929. The third-order valence-corrected chi connectivity index (χ3v) is 5.96. The van der Waals surface area contributed by atoms with Crippen molar-refractivity contribution in [3.8, 4) is 0 Å². The molecule has 0 aromatic rings. The average Bonchev–Trinajstić information content (AvgIpc) is 2.80. The van der Waals surface area contributed by atoms with Crippen LogP contribution in [0.4, 0.5) is 0 Å². The zero-order valence-electron chi connectivity index (χ0n) is 11.3. The van der Waals surface area contributed by atoms with Crippen LogP contribution in [0.15, 0.2) is 0 Å². The summed E-state index contributed by atoms with van der Waals surface area (Å²) in [4.78, 5) is 0.763. The molecule has 0 aromatic heterocycles. The summed E-state index contributed by atoms with van der Waals surface area (Å²) in [5.41, 5.74) is 0. The van der Waals surface area contributed by atoms with Gasteiger partial charge in [0.05, 0.1) is 6.10 Å². The zero-order chi connectivity index (χ0) is 12.3. The number of hydrogen-bond donors (Lipinski definition) is 0. The first kappa shape index (κ1) is 13.9. The molecule has 0 N–H and O–H groups in total. The fourth-order valence-electron chi connectivity index (χ4n) is 3.44. The standard InChI is InChI=1S/C15H27BrO/c1-11(2)12-6-8-15(16)13(10-12)5-7-14-4-3-9-17-14/h11-15H,3-10H2,1-2H3. The van der Waals surface area contributed by atoms with Crippen LogP contribution in [-0.2, 0) is 4.74 Å². The van der Waals surface area contributed by atoms with Crippen LogP contribution >= 0.6 is 15.9 Å². The smallest absolute Gasteiger partial charge is 0.0576 e. The van der Waals surface area contributed by atoms with E-state index in [0.717, 1.165) is 29.2 Å². The maximum atomic E-state index is 5.74. The Morgan fingerprint density at radius 2 is 2.00 bits per heavy atom. The van der Waals surface area contributed by atoms with Gasteiger partial charge in [-0.05, 0) is 62.7 Å². The van der Waals surface area contributed by atoms with Crippen molar-refractivity contribution < 1.29 is 4.74 Å². The second kappa shape index (κ2) is 6.56. The van der Waals surface area contributed by atoms with E-state index in [1.54, 1.807) is 0 Å². The van der Waals surface area contributed by atoms with Crippen LogP contribution in [0, 0.1) is 17.8 Å². The summed E-state index contributed by atoms with van der Waals surface area (Å²) in [6, 6.07) is 0. The van der Waals surface area contributed by atoms with Crippen molar-refractivity contribution in [1.29, 1.82) is 0 Å². The van der Waals surface area contributed by atoms with E-state index < -0.39 is 0 Å². The molecule has 4 atom stereocenters. The fourth-order valence-corrected chi connectivity index (χ4v) is 4.18. The molecule has 0 spiro atoms. The Balaban J connectivity index is 1.76. The maximum absolute atomic E-state index is 5.74. The van der Waals surface area contributed by atoms with E-state index in [9.17, 15) is 0 Å².